The molecule has 0 aliphatic carbocycles. The molecule has 0 radical (unpaired) electrons. The van der Waals surface area contributed by atoms with Gasteiger partial charge in [0.05, 0.1) is 0 Å². The van der Waals surface area contributed by atoms with Gasteiger partial charge in [0.2, 0.25) is 0 Å². The van der Waals surface area contributed by atoms with E-state index in [1.165, 1.54) is 44.9 Å². The molecular formula is C22H36O2. The van der Waals surface area contributed by atoms with Crippen molar-refractivity contribution < 1.29 is 9.90 Å². The van der Waals surface area contributed by atoms with Gasteiger partial charge in [-0.1, -0.05) is 87.6 Å². The number of rotatable bonds is 16. The third-order valence-corrected chi connectivity index (χ3v) is 3.73. The molecule has 0 amide bonds. The number of carbonyl (C=O) groups is 1. The molecule has 0 rings (SSSR count). The topological polar surface area (TPSA) is 37.3 Å². The molecule has 0 aromatic heterocycles. The van der Waals surface area contributed by atoms with Crippen molar-refractivity contribution in [2.75, 3.05) is 0 Å². The van der Waals surface area contributed by atoms with Gasteiger partial charge in [0, 0.05) is 6.42 Å². The van der Waals surface area contributed by atoms with Gasteiger partial charge in [-0.3, -0.25) is 4.79 Å². The second-order valence-electron chi connectivity index (χ2n) is 6.08. The molecular weight excluding hydrogens is 296 g/mol. The monoisotopic (exact) mass is 332 g/mol. The van der Waals surface area contributed by atoms with Crippen LogP contribution >= 0.6 is 0 Å². The number of allylic oxidation sites excluding steroid dienone is 8. The number of unbranched alkanes of at least 4 members (excludes halogenated alkanes) is 6. The molecule has 0 fully saturated rings. The van der Waals surface area contributed by atoms with E-state index >= 15 is 0 Å². The predicted molar refractivity (Wildman–Crippen MR) is 105 cm³/mol. The van der Waals surface area contributed by atoms with Crippen molar-refractivity contribution in [1.82, 2.24) is 0 Å². The Hall–Kier alpha value is -1.57. The van der Waals surface area contributed by atoms with E-state index < -0.39 is 5.97 Å². The van der Waals surface area contributed by atoms with Gasteiger partial charge in [0.1, 0.15) is 0 Å². The van der Waals surface area contributed by atoms with Crippen molar-refractivity contribution in [3.63, 3.8) is 0 Å². The second kappa shape index (κ2) is 19.5. The first kappa shape index (κ1) is 22.4. The average molecular weight is 333 g/mol. The maximum atomic E-state index is 10.3. The largest absolute Gasteiger partial charge is 0.481 e. The van der Waals surface area contributed by atoms with E-state index in [2.05, 4.69) is 43.4 Å². The molecule has 2 heteroatoms. The number of hydrogen-bond donors (Lipinski definition) is 1. The molecule has 2 nitrogen and oxygen atoms in total. The molecule has 0 aromatic rings. The molecule has 0 saturated heterocycles. The van der Waals surface area contributed by atoms with Crippen LogP contribution in [0.4, 0.5) is 0 Å². The fraction of sp³-hybridized carbons (Fsp3) is 0.591. The van der Waals surface area contributed by atoms with Crippen molar-refractivity contribution in [1.29, 1.82) is 0 Å². The highest BCUT2D eigenvalue weighted by molar-refractivity contribution is 5.66. The van der Waals surface area contributed by atoms with Crippen molar-refractivity contribution in [3.05, 3.63) is 48.6 Å². The Bertz CT molecular complexity index is 389. The van der Waals surface area contributed by atoms with Crippen molar-refractivity contribution in [3.8, 4) is 0 Å². The van der Waals surface area contributed by atoms with Crippen molar-refractivity contribution >= 4 is 5.97 Å². The Morgan fingerprint density at radius 1 is 0.667 bits per heavy atom. The Labute approximate surface area is 149 Å². The van der Waals surface area contributed by atoms with E-state index in [4.69, 9.17) is 5.11 Å². The molecule has 0 aromatic carbocycles. The van der Waals surface area contributed by atoms with Gasteiger partial charge in [0.15, 0.2) is 0 Å². The predicted octanol–water partition coefficient (Wildman–Crippen LogP) is 7.00. The minimum Gasteiger partial charge on any atom is -0.481 e. The van der Waals surface area contributed by atoms with Crippen LogP contribution < -0.4 is 0 Å². The molecule has 24 heavy (non-hydrogen) atoms. The highest BCUT2D eigenvalue weighted by atomic mass is 16.4. The van der Waals surface area contributed by atoms with Gasteiger partial charge in [-0.05, 0) is 38.5 Å². The minimum atomic E-state index is -0.735. The Balaban J connectivity index is 3.37. The lowest BCUT2D eigenvalue weighted by molar-refractivity contribution is -0.136. The summed E-state index contributed by atoms with van der Waals surface area (Å²) in [4.78, 5) is 10.3. The van der Waals surface area contributed by atoms with E-state index in [1.807, 2.05) is 12.2 Å². The van der Waals surface area contributed by atoms with E-state index in [0.29, 0.717) is 6.42 Å². The molecule has 0 aliphatic heterocycles. The number of carboxylic acid groups (broad SMARTS) is 1. The lowest BCUT2D eigenvalue weighted by atomic mass is 10.1. The molecule has 0 atom stereocenters. The fourth-order valence-corrected chi connectivity index (χ4v) is 2.30. The van der Waals surface area contributed by atoms with Crippen LogP contribution in [0.5, 0.6) is 0 Å². The van der Waals surface area contributed by atoms with Gasteiger partial charge in [-0.2, -0.15) is 0 Å². The zero-order chi connectivity index (χ0) is 17.7. The zero-order valence-electron chi connectivity index (χ0n) is 15.5. The van der Waals surface area contributed by atoms with Crippen molar-refractivity contribution in [2.45, 2.75) is 84.0 Å². The summed E-state index contributed by atoms with van der Waals surface area (Å²) in [6.07, 6.45) is 30.3. The van der Waals surface area contributed by atoms with Crippen LogP contribution in [0.15, 0.2) is 48.6 Å². The quantitative estimate of drug-likeness (QED) is 0.244. The van der Waals surface area contributed by atoms with Crippen LogP contribution in [-0.2, 0) is 4.79 Å². The van der Waals surface area contributed by atoms with Crippen LogP contribution in [-0.4, -0.2) is 11.1 Å². The third kappa shape index (κ3) is 20.4. The summed E-state index contributed by atoms with van der Waals surface area (Å²) in [6.45, 7) is 2.26. The second-order valence-corrected chi connectivity index (χ2v) is 6.08. The summed E-state index contributed by atoms with van der Waals surface area (Å²) >= 11 is 0. The molecule has 0 heterocycles. The summed E-state index contributed by atoms with van der Waals surface area (Å²) in [5.41, 5.74) is 0. The molecule has 0 spiro atoms. The van der Waals surface area contributed by atoms with Gasteiger partial charge in [-0.25, -0.2) is 0 Å². The van der Waals surface area contributed by atoms with Crippen LogP contribution in [0.3, 0.4) is 0 Å². The molecule has 1 N–H and O–H groups in total. The molecule has 136 valence electrons. The SMILES string of the molecule is CCCCCCCCC=CCC=CCC=CCC=CCCC(=O)O. The summed E-state index contributed by atoms with van der Waals surface area (Å²) in [6, 6.07) is 0. The number of carboxylic acids is 1. The Morgan fingerprint density at radius 3 is 1.67 bits per heavy atom. The first-order valence-corrected chi connectivity index (χ1v) is 9.59. The van der Waals surface area contributed by atoms with Crippen LogP contribution in [0.2, 0.25) is 0 Å². The van der Waals surface area contributed by atoms with Gasteiger partial charge in [-0.15, -0.1) is 0 Å². The van der Waals surface area contributed by atoms with Crippen LogP contribution in [0.1, 0.15) is 84.0 Å². The third-order valence-electron chi connectivity index (χ3n) is 3.73. The first-order valence-electron chi connectivity index (χ1n) is 9.59. The molecule has 0 unspecified atom stereocenters. The maximum absolute atomic E-state index is 10.3. The van der Waals surface area contributed by atoms with Crippen LogP contribution in [0.25, 0.3) is 0 Å². The van der Waals surface area contributed by atoms with Gasteiger partial charge >= 0.3 is 5.97 Å². The summed E-state index contributed by atoms with van der Waals surface area (Å²) < 4.78 is 0. The zero-order valence-corrected chi connectivity index (χ0v) is 15.5. The minimum absolute atomic E-state index is 0.218. The Morgan fingerprint density at radius 2 is 1.12 bits per heavy atom. The maximum Gasteiger partial charge on any atom is 0.303 e. The normalized spacial score (nSPS) is 12.4. The average Bonchev–Trinajstić information content (AvgIpc) is 2.56. The molecule has 0 saturated carbocycles. The van der Waals surface area contributed by atoms with E-state index in [0.717, 1.165) is 19.3 Å². The lowest BCUT2D eigenvalue weighted by Gasteiger charge is -1.97. The smallest absolute Gasteiger partial charge is 0.303 e. The number of hydrogen-bond acceptors (Lipinski definition) is 1. The van der Waals surface area contributed by atoms with E-state index in [-0.39, 0.29) is 6.42 Å². The summed E-state index contributed by atoms with van der Waals surface area (Å²) in [7, 11) is 0. The molecule has 0 aliphatic rings. The van der Waals surface area contributed by atoms with Crippen molar-refractivity contribution in [2.24, 2.45) is 0 Å². The summed E-state index contributed by atoms with van der Waals surface area (Å²) in [5, 5.41) is 8.50. The highest BCUT2D eigenvalue weighted by Gasteiger charge is 1.90. The van der Waals surface area contributed by atoms with Gasteiger partial charge < -0.3 is 5.11 Å². The number of aliphatic carboxylic acids is 1. The standard InChI is InChI=1S/C22H36O2/c1-2-3-4-5-6-7-8-9-10-11-12-13-14-15-16-17-18-19-20-21-22(23)24/h9-10,12-13,15-16,18-19H,2-8,11,14,17,20-21H2,1H3,(H,23,24). The Kier molecular flexibility index (Phi) is 18.2. The first-order chi connectivity index (χ1) is 11.8. The van der Waals surface area contributed by atoms with Crippen LogP contribution in [0, 0.1) is 0 Å². The van der Waals surface area contributed by atoms with E-state index in [1.54, 1.807) is 0 Å². The fourth-order valence-electron chi connectivity index (χ4n) is 2.30. The summed E-state index contributed by atoms with van der Waals surface area (Å²) in [5.74, 6) is -0.735. The molecule has 0 bridgehead atoms. The lowest BCUT2D eigenvalue weighted by Crippen LogP contribution is -1.91. The van der Waals surface area contributed by atoms with E-state index in [9.17, 15) is 4.79 Å². The highest BCUT2D eigenvalue weighted by Crippen LogP contribution is 2.07. The van der Waals surface area contributed by atoms with Gasteiger partial charge in [0.25, 0.3) is 0 Å².